The molecule has 1 N–H and O–H groups in total. The van der Waals surface area contributed by atoms with E-state index in [0.717, 1.165) is 13.1 Å². The van der Waals surface area contributed by atoms with Crippen molar-refractivity contribution in [3.63, 3.8) is 0 Å². The second-order valence-electron chi connectivity index (χ2n) is 1.87. The van der Waals surface area contributed by atoms with E-state index in [0.29, 0.717) is 0 Å². The molecule has 1 heterocycles. The Kier molecular flexibility index (Phi) is 2.92. The Labute approximate surface area is 59.8 Å². The molecule has 0 fully saturated rings. The average molecular weight is 141 g/mol. The Bertz CT molecular complexity index is 162. The molecule has 1 aromatic heterocycles. The Morgan fingerprint density at radius 3 is 3.20 bits per heavy atom. The summed E-state index contributed by atoms with van der Waals surface area (Å²) in [6.07, 6.45) is 3.67. The number of nitrogens with one attached hydrogen (secondary N) is 1. The van der Waals surface area contributed by atoms with Gasteiger partial charge in [-0.2, -0.15) is 5.10 Å². The molecule has 4 heteroatoms. The third-order valence-corrected chi connectivity index (χ3v) is 1.15. The highest BCUT2D eigenvalue weighted by Gasteiger charge is 1.87. The monoisotopic (exact) mass is 141 g/mol. The number of hydrogen-bond donors (Lipinski definition) is 1. The number of rotatable bonds is 4. The lowest BCUT2D eigenvalue weighted by Gasteiger charge is -2.00. The fourth-order valence-electron chi connectivity index (χ4n) is 0.695. The molecular weight excluding hydrogens is 130 g/mol. The number of aromatic nitrogens is 2. The Balaban J connectivity index is 2.15. The molecule has 0 aliphatic rings. The van der Waals surface area contributed by atoms with Gasteiger partial charge in [0.15, 0.2) is 0 Å². The third kappa shape index (κ3) is 2.16. The molecule has 10 heavy (non-hydrogen) atoms. The molecular formula is C6H11N3O. The summed E-state index contributed by atoms with van der Waals surface area (Å²) in [5, 5.41) is 4.01. The van der Waals surface area contributed by atoms with Gasteiger partial charge in [0, 0.05) is 18.9 Å². The van der Waals surface area contributed by atoms with E-state index in [4.69, 9.17) is 0 Å². The van der Waals surface area contributed by atoms with Crippen LogP contribution in [0.3, 0.4) is 0 Å². The minimum absolute atomic E-state index is 0.776. The average Bonchev–Trinajstić information content (AvgIpc) is 2.41. The maximum Gasteiger partial charge on any atom is 0.0572 e. The SMILES string of the molecule is CONCCn1cccn1. The van der Waals surface area contributed by atoms with Crippen LogP contribution in [0, 0.1) is 0 Å². The van der Waals surface area contributed by atoms with Crippen LogP contribution in [-0.2, 0) is 11.4 Å². The first kappa shape index (κ1) is 7.24. The van der Waals surface area contributed by atoms with Gasteiger partial charge in [-0.1, -0.05) is 0 Å². The van der Waals surface area contributed by atoms with Gasteiger partial charge in [0.05, 0.1) is 13.7 Å². The zero-order valence-corrected chi connectivity index (χ0v) is 5.95. The molecule has 56 valence electrons. The largest absolute Gasteiger partial charge is 0.305 e. The molecule has 0 aliphatic carbocycles. The van der Waals surface area contributed by atoms with Gasteiger partial charge in [0.2, 0.25) is 0 Å². The lowest BCUT2D eigenvalue weighted by molar-refractivity contribution is 0.0884. The van der Waals surface area contributed by atoms with E-state index in [9.17, 15) is 0 Å². The zero-order valence-electron chi connectivity index (χ0n) is 5.95. The summed E-state index contributed by atoms with van der Waals surface area (Å²) >= 11 is 0. The second kappa shape index (κ2) is 4.03. The number of nitrogens with zero attached hydrogens (tertiary/aromatic N) is 2. The van der Waals surface area contributed by atoms with Crippen LogP contribution in [0.1, 0.15) is 0 Å². The molecule has 0 atom stereocenters. The summed E-state index contributed by atoms with van der Waals surface area (Å²) in [5.41, 5.74) is 2.73. The van der Waals surface area contributed by atoms with Gasteiger partial charge in [-0.3, -0.25) is 4.68 Å². The molecule has 0 saturated carbocycles. The highest BCUT2D eigenvalue weighted by molar-refractivity contribution is 4.77. The first-order valence-electron chi connectivity index (χ1n) is 3.17. The lowest BCUT2D eigenvalue weighted by atomic mass is 10.6. The second-order valence-corrected chi connectivity index (χ2v) is 1.87. The van der Waals surface area contributed by atoms with Crippen molar-refractivity contribution >= 4 is 0 Å². The molecule has 0 aromatic carbocycles. The van der Waals surface area contributed by atoms with Crippen molar-refractivity contribution in [3.8, 4) is 0 Å². The summed E-state index contributed by atoms with van der Waals surface area (Å²) in [5.74, 6) is 0. The van der Waals surface area contributed by atoms with Gasteiger partial charge in [0.1, 0.15) is 0 Å². The van der Waals surface area contributed by atoms with Crippen LogP contribution in [0.2, 0.25) is 0 Å². The number of hydrogen-bond acceptors (Lipinski definition) is 3. The summed E-state index contributed by atoms with van der Waals surface area (Å²) in [7, 11) is 1.60. The summed E-state index contributed by atoms with van der Waals surface area (Å²) in [4.78, 5) is 4.65. The van der Waals surface area contributed by atoms with Gasteiger partial charge in [-0.25, -0.2) is 5.48 Å². The van der Waals surface area contributed by atoms with Crippen molar-refractivity contribution in [2.45, 2.75) is 6.54 Å². The summed E-state index contributed by atoms with van der Waals surface area (Å²) in [6.45, 7) is 1.61. The summed E-state index contributed by atoms with van der Waals surface area (Å²) < 4.78 is 1.84. The lowest BCUT2D eigenvalue weighted by Crippen LogP contribution is -2.18. The number of hydroxylamine groups is 1. The Morgan fingerprint density at radius 2 is 2.60 bits per heavy atom. The van der Waals surface area contributed by atoms with E-state index in [1.165, 1.54) is 0 Å². The van der Waals surface area contributed by atoms with Gasteiger partial charge < -0.3 is 4.84 Å². The predicted octanol–water partition coefficient (Wildman–Crippen LogP) is 0.0341. The highest BCUT2D eigenvalue weighted by atomic mass is 16.6. The molecule has 0 saturated heterocycles. The van der Waals surface area contributed by atoms with Crippen molar-refractivity contribution in [1.29, 1.82) is 0 Å². The van der Waals surface area contributed by atoms with Gasteiger partial charge in [-0.15, -0.1) is 0 Å². The van der Waals surface area contributed by atoms with Crippen LogP contribution in [0.4, 0.5) is 0 Å². The standard InChI is InChI=1S/C6H11N3O/c1-10-8-4-6-9-5-2-3-7-9/h2-3,5,8H,4,6H2,1H3. The van der Waals surface area contributed by atoms with E-state index in [1.54, 1.807) is 13.3 Å². The van der Waals surface area contributed by atoms with Crippen molar-refractivity contribution in [2.24, 2.45) is 0 Å². The van der Waals surface area contributed by atoms with E-state index < -0.39 is 0 Å². The quantitative estimate of drug-likeness (QED) is 0.475. The molecule has 4 nitrogen and oxygen atoms in total. The van der Waals surface area contributed by atoms with Crippen molar-refractivity contribution in [3.05, 3.63) is 18.5 Å². The van der Waals surface area contributed by atoms with Crippen LogP contribution in [0.25, 0.3) is 0 Å². The van der Waals surface area contributed by atoms with Crippen LogP contribution >= 0.6 is 0 Å². The first-order valence-corrected chi connectivity index (χ1v) is 3.17. The van der Waals surface area contributed by atoms with Crippen LogP contribution in [0.5, 0.6) is 0 Å². The van der Waals surface area contributed by atoms with E-state index >= 15 is 0 Å². The van der Waals surface area contributed by atoms with E-state index in [1.807, 2.05) is 16.9 Å². The molecule has 0 amide bonds. The van der Waals surface area contributed by atoms with Crippen molar-refractivity contribution in [1.82, 2.24) is 15.3 Å². The third-order valence-electron chi connectivity index (χ3n) is 1.15. The van der Waals surface area contributed by atoms with Crippen LogP contribution in [-0.4, -0.2) is 23.4 Å². The molecule has 0 bridgehead atoms. The molecule has 1 aromatic rings. The minimum Gasteiger partial charge on any atom is -0.305 e. The van der Waals surface area contributed by atoms with Gasteiger partial charge in [-0.05, 0) is 6.07 Å². The molecule has 0 aliphatic heterocycles. The molecule has 1 rings (SSSR count). The normalized spacial score (nSPS) is 10.1. The van der Waals surface area contributed by atoms with Gasteiger partial charge >= 0.3 is 0 Å². The summed E-state index contributed by atoms with van der Waals surface area (Å²) in [6, 6.07) is 1.90. The van der Waals surface area contributed by atoms with E-state index in [-0.39, 0.29) is 0 Å². The van der Waals surface area contributed by atoms with Crippen LogP contribution in [0.15, 0.2) is 18.5 Å². The molecule has 0 radical (unpaired) electrons. The fourth-order valence-corrected chi connectivity index (χ4v) is 0.695. The Morgan fingerprint density at radius 1 is 1.70 bits per heavy atom. The molecule has 0 unspecified atom stereocenters. The first-order chi connectivity index (χ1) is 4.93. The maximum absolute atomic E-state index is 4.65. The topological polar surface area (TPSA) is 39.1 Å². The van der Waals surface area contributed by atoms with Crippen molar-refractivity contribution < 1.29 is 4.84 Å². The fraction of sp³-hybridized carbons (Fsp3) is 0.500. The molecule has 0 spiro atoms. The zero-order chi connectivity index (χ0) is 7.23. The Hall–Kier alpha value is -0.870. The maximum atomic E-state index is 4.65. The predicted molar refractivity (Wildman–Crippen MR) is 37.2 cm³/mol. The van der Waals surface area contributed by atoms with Crippen molar-refractivity contribution in [2.75, 3.05) is 13.7 Å². The highest BCUT2D eigenvalue weighted by Crippen LogP contribution is 1.81. The van der Waals surface area contributed by atoms with Crippen LogP contribution < -0.4 is 5.48 Å². The van der Waals surface area contributed by atoms with E-state index in [2.05, 4.69) is 15.4 Å². The smallest absolute Gasteiger partial charge is 0.0572 e. The van der Waals surface area contributed by atoms with Gasteiger partial charge in [0.25, 0.3) is 0 Å². The minimum atomic E-state index is 0.776.